The Balaban J connectivity index is 2.45. The summed E-state index contributed by atoms with van der Waals surface area (Å²) >= 11 is 6.05. The van der Waals surface area contributed by atoms with E-state index in [0.29, 0.717) is 0 Å². The maximum atomic E-state index is 7.09. The van der Waals surface area contributed by atoms with E-state index in [1.807, 2.05) is 36.4 Å². The number of hydrogen-bond donors (Lipinski definition) is 0. The molecule has 17 heavy (non-hydrogen) atoms. The van der Waals surface area contributed by atoms with Crippen LogP contribution in [0, 0.1) is 6.57 Å². The number of hydrogen-bond acceptors (Lipinski definition) is 0. The summed E-state index contributed by atoms with van der Waals surface area (Å²) in [5.74, 6) is 0. The van der Waals surface area contributed by atoms with Crippen molar-refractivity contribution in [1.29, 1.82) is 0 Å². The van der Waals surface area contributed by atoms with Crippen LogP contribution in [0.1, 0.15) is 11.1 Å². The molecule has 0 bridgehead atoms. The number of rotatable bonds is 0. The molecule has 0 saturated carbocycles. The summed E-state index contributed by atoms with van der Waals surface area (Å²) in [4.78, 5) is 3.36. The average Bonchev–Trinajstić information content (AvgIpc) is 2.72. The molecule has 2 aromatic carbocycles. The maximum Gasteiger partial charge on any atom is 0.260 e. The second-order valence-corrected chi connectivity index (χ2v) is 4.23. The largest absolute Gasteiger partial charge is 0.260 e. The van der Waals surface area contributed by atoms with E-state index in [1.165, 1.54) is 0 Å². The minimum absolute atomic E-state index is 0.238. The molecular weight excluding hydrogens is 230 g/mol. The van der Waals surface area contributed by atoms with Crippen LogP contribution < -0.4 is 0 Å². The van der Waals surface area contributed by atoms with Crippen molar-refractivity contribution in [2.45, 2.75) is 0 Å². The van der Waals surface area contributed by atoms with Gasteiger partial charge in [-0.25, -0.2) is 4.85 Å². The summed E-state index contributed by atoms with van der Waals surface area (Å²) in [5.41, 5.74) is 5.26. The number of halogens is 1. The smallest absolute Gasteiger partial charge is 0.225 e. The average molecular weight is 238 g/mol. The van der Waals surface area contributed by atoms with Crippen LogP contribution in [0.4, 0.5) is 0 Å². The minimum Gasteiger partial charge on any atom is -0.225 e. The third kappa shape index (κ3) is 1.39. The Morgan fingerprint density at radius 3 is 1.65 bits per heavy atom. The van der Waals surface area contributed by atoms with Gasteiger partial charge in [0.25, 0.3) is 5.16 Å². The van der Waals surface area contributed by atoms with Gasteiger partial charge in [-0.1, -0.05) is 48.5 Å². The van der Waals surface area contributed by atoms with Gasteiger partial charge >= 0.3 is 0 Å². The van der Waals surface area contributed by atoms with Gasteiger partial charge in [-0.2, -0.15) is 0 Å². The van der Waals surface area contributed by atoms with Crippen LogP contribution >= 0.6 is 11.6 Å². The van der Waals surface area contributed by atoms with E-state index in [2.05, 4.69) is 17.0 Å². The highest BCUT2D eigenvalue weighted by Gasteiger charge is 2.24. The summed E-state index contributed by atoms with van der Waals surface area (Å²) in [6.07, 6.45) is 0. The molecule has 0 heterocycles. The van der Waals surface area contributed by atoms with Crippen LogP contribution in [0.5, 0.6) is 0 Å². The molecule has 3 rings (SSSR count). The van der Waals surface area contributed by atoms with Crippen molar-refractivity contribution in [1.82, 2.24) is 0 Å². The van der Waals surface area contributed by atoms with E-state index in [9.17, 15) is 0 Å². The zero-order valence-corrected chi connectivity index (χ0v) is 9.70. The van der Waals surface area contributed by atoms with Gasteiger partial charge in [0.15, 0.2) is 0 Å². The zero-order chi connectivity index (χ0) is 11.8. The summed E-state index contributed by atoms with van der Waals surface area (Å²) in [6, 6.07) is 16.1. The number of fused-ring (bicyclic) bond motifs is 3. The molecule has 0 aromatic heterocycles. The molecule has 1 nitrogen and oxygen atoms in total. The summed E-state index contributed by atoms with van der Waals surface area (Å²) in [6.45, 7) is 7.09. The van der Waals surface area contributed by atoms with Gasteiger partial charge < -0.3 is 0 Å². The Kier molecular flexibility index (Phi) is 2.24. The monoisotopic (exact) mass is 237 g/mol. The molecule has 1 aliphatic rings. The molecule has 80 valence electrons. The highest BCUT2D eigenvalue weighted by molar-refractivity contribution is 6.35. The fraction of sp³-hybridized carbons (Fsp3) is 0. The van der Waals surface area contributed by atoms with Crippen molar-refractivity contribution >= 4 is 17.2 Å². The SMILES string of the molecule is [C-]#[N+]C(Cl)=C1c2ccccc2-c2ccccc21. The van der Waals surface area contributed by atoms with Crippen LogP contribution in [-0.2, 0) is 0 Å². The molecule has 0 unspecified atom stereocenters. The van der Waals surface area contributed by atoms with E-state index in [-0.39, 0.29) is 5.16 Å². The van der Waals surface area contributed by atoms with Crippen molar-refractivity contribution < 1.29 is 0 Å². The Hall–Kier alpha value is -2.04. The number of benzene rings is 2. The van der Waals surface area contributed by atoms with Crippen LogP contribution in [0.15, 0.2) is 53.7 Å². The summed E-state index contributed by atoms with van der Waals surface area (Å²) < 4.78 is 0. The first-order valence-electron chi connectivity index (χ1n) is 5.29. The lowest BCUT2D eigenvalue weighted by molar-refractivity contribution is 1.65. The first-order valence-corrected chi connectivity index (χ1v) is 5.67. The lowest BCUT2D eigenvalue weighted by atomic mass is 10.1. The van der Waals surface area contributed by atoms with Crippen LogP contribution in [0.2, 0.25) is 0 Å². The molecule has 0 amide bonds. The predicted octanol–water partition coefficient (Wildman–Crippen LogP) is 4.54. The second kappa shape index (κ2) is 3.76. The zero-order valence-electron chi connectivity index (χ0n) is 8.94. The second-order valence-electron chi connectivity index (χ2n) is 3.87. The highest BCUT2D eigenvalue weighted by atomic mass is 35.5. The fourth-order valence-electron chi connectivity index (χ4n) is 2.30. The first kappa shape index (κ1) is 10.1. The summed E-state index contributed by atoms with van der Waals surface area (Å²) in [5, 5.41) is 0.238. The maximum absolute atomic E-state index is 7.09. The lowest BCUT2D eigenvalue weighted by Crippen LogP contribution is -1.82. The van der Waals surface area contributed by atoms with Gasteiger partial charge in [0, 0.05) is 5.57 Å². The molecule has 0 radical (unpaired) electrons. The molecule has 0 aliphatic heterocycles. The molecule has 0 N–H and O–H groups in total. The molecule has 0 atom stereocenters. The van der Waals surface area contributed by atoms with Crippen LogP contribution in [0.3, 0.4) is 0 Å². The summed E-state index contributed by atoms with van der Waals surface area (Å²) in [7, 11) is 0. The highest BCUT2D eigenvalue weighted by Crippen LogP contribution is 2.46. The van der Waals surface area contributed by atoms with Gasteiger partial charge in [0.1, 0.15) is 0 Å². The van der Waals surface area contributed by atoms with Crippen molar-refractivity contribution in [3.8, 4) is 11.1 Å². The standard InChI is InChI=1S/C15H8ClN/c1-17-15(16)14-12-8-4-2-6-10(12)11-7-3-5-9-13(11)14/h2-9H. The van der Waals surface area contributed by atoms with E-state index in [1.54, 1.807) is 0 Å². The molecule has 2 heteroatoms. The van der Waals surface area contributed by atoms with Gasteiger partial charge in [-0.15, -0.1) is 11.6 Å². The fourth-order valence-corrected chi connectivity index (χ4v) is 2.50. The third-order valence-corrected chi connectivity index (χ3v) is 3.26. The van der Waals surface area contributed by atoms with E-state index in [4.69, 9.17) is 18.2 Å². The Morgan fingerprint density at radius 2 is 1.24 bits per heavy atom. The van der Waals surface area contributed by atoms with E-state index in [0.717, 1.165) is 27.8 Å². The first-order chi connectivity index (χ1) is 8.33. The Labute approximate surface area is 105 Å². The topological polar surface area (TPSA) is 4.36 Å². The lowest BCUT2D eigenvalue weighted by Gasteiger charge is -2.01. The van der Waals surface area contributed by atoms with Crippen molar-refractivity contribution in [2.24, 2.45) is 0 Å². The molecule has 0 spiro atoms. The minimum atomic E-state index is 0.238. The van der Waals surface area contributed by atoms with Gasteiger partial charge in [0.05, 0.1) is 6.57 Å². The Bertz CT molecular complexity index is 630. The quantitative estimate of drug-likeness (QED) is 0.399. The van der Waals surface area contributed by atoms with Crippen molar-refractivity contribution in [3.05, 3.63) is 76.2 Å². The number of nitrogens with zero attached hydrogens (tertiary/aromatic N) is 1. The molecular formula is C15H8ClN. The van der Waals surface area contributed by atoms with E-state index >= 15 is 0 Å². The van der Waals surface area contributed by atoms with E-state index < -0.39 is 0 Å². The normalized spacial score (nSPS) is 11.6. The Morgan fingerprint density at radius 1 is 0.824 bits per heavy atom. The van der Waals surface area contributed by atoms with Gasteiger partial charge in [0.2, 0.25) is 0 Å². The molecule has 1 aliphatic carbocycles. The predicted molar refractivity (Wildman–Crippen MR) is 70.4 cm³/mol. The van der Waals surface area contributed by atoms with Crippen LogP contribution in [-0.4, -0.2) is 0 Å². The van der Waals surface area contributed by atoms with Crippen molar-refractivity contribution in [3.63, 3.8) is 0 Å². The third-order valence-electron chi connectivity index (χ3n) is 2.99. The molecule has 2 aromatic rings. The molecule has 0 fully saturated rings. The van der Waals surface area contributed by atoms with Crippen LogP contribution in [0.25, 0.3) is 21.5 Å². The van der Waals surface area contributed by atoms with Gasteiger partial charge in [-0.05, 0) is 22.3 Å². The molecule has 0 saturated heterocycles. The van der Waals surface area contributed by atoms with Gasteiger partial charge in [-0.3, -0.25) is 0 Å². The van der Waals surface area contributed by atoms with Crippen molar-refractivity contribution in [2.75, 3.05) is 0 Å².